The molecule has 0 aromatic heterocycles. The second-order valence-electron chi connectivity index (χ2n) is 4.00. The zero-order chi connectivity index (χ0) is 13.3. The first-order valence-electron chi connectivity index (χ1n) is 5.37. The number of carbonyl (C=O) groups excluding carboxylic acids is 2. The molecule has 2 rings (SSSR count). The molecule has 6 heteroatoms. The Hall–Kier alpha value is -1.20. The van der Waals surface area contributed by atoms with Crippen molar-refractivity contribution in [1.82, 2.24) is 4.90 Å². The summed E-state index contributed by atoms with van der Waals surface area (Å²) in [5, 5.41) is 11.3. The minimum atomic E-state index is -1.21. The standard InChI is InChI=1S/C12H12ClNO3S/c1-7(15)14-10(12(16)17)6-18-11(14)8-2-4-9(13)5-3-8/h2-5,10-11H,6H2,1H3,(H,16,17)/p-1/t10-,11-/m0/s1. The average Bonchev–Trinajstić information content (AvgIpc) is 2.74. The maximum Gasteiger partial charge on any atom is 0.221 e. The number of carboxylic acids is 1. The number of nitrogens with zero attached hydrogens (tertiary/aromatic N) is 1. The molecule has 1 amide bonds. The second-order valence-corrected chi connectivity index (χ2v) is 5.55. The van der Waals surface area contributed by atoms with E-state index in [1.165, 1.54) is 23.6 Å². The third-order valence-electron chi connectivity index (χ3n) is 2.79. The van der Waals surface area contributed by atoms with Crippen LogP contribution in [0.1, 0.15) is 17.9 Å². The van der Waals surface area contributed by atoms with Gasteiger partial charge >= 0.3 is 0 Å². The molecule has 0 unspecified atom stereocenters. The largest absolute Gasteiger partial charge is 0.548 e. The molecule has 0 bridgehead atoms. The van der Waals surface area contributed by atoms with Gasteiger partial charge in [-0.15, -0.1) is 11.8 Å². The van der Waals surface area contributed by atoms with Gasteiger partial charge in [-0.3, -0.25) is 4.79 Å². The topological polar surface area (TPSA) is 60.4 Å². The summed E-state index contributed by atoms with van der Waals surface area (Å²) in [4.78, 5) is 24.0. The number of rotatable bonds is 2. The Morgan fingerprint density at radius 2 is 2.00 bits per heavy atom. The van der Waals surface area contributed by atoms with Gasteiger partial charge < -0.3 is 14.8 Å². The van der Waals surface area contributed by atoms with Gasteiger partial charge in [0.2, 0.25) is 5.91 Å². The number of carboxylic acid groups (broad SMARTS) is 1. The Balaban J connectivity index is 2.30. The highest BCUT2D eigenvalue weighted by Crippen LogP contribution is 2.41. The van der Waals surface area contributed by atoms with Crippen LogP contribution >= 0.6 is 23.4 Å². The third kappa shape index (κ3) is 2.47. The highest BCUT2D eigenvalue weighted by Gasteiger charge is 2.37. The molecule has 1 aliphatic heterocycles. The van der Waals surface area contributed by atoms with E-state index in [1.54, 1.807) is 24.3 Å². The smallest absolute Gasteiger partial charge is 0.221 e. The van der Waals surface area contributed by atoms with Crippen molar-refractivity contribution in [3.8, 4) is 0 Å². The van der Waals surface area contributed by atoms with Crippen LogP contribution in [0.2, 0.25) is 5.02 Å². The Morgan fingerprint density at radius 1 is 1.39 bits per heavy atom. The van der Waals surface area contributed by atoms with Crippen LogP contribution in [0, 0.1) is 0 Å². The molecular formula is C12H11ClNO3S-. The van der Waals surface area contributed by atoms with Crippen molar-refractivity contribution >= 4 is 35.2 Å². The van der Waals surface area contributed by atoms with Crippen molar-refractivity contribution in [3.63, 3.8) is 0 Å². The summed E-state index contributed by atoms with van der Waals surface area (Å²) < 4.78 is 0. The molecule has 0 aliphatic carbocycles. The molecule has 96 valence electrons. The molecule has 4 nitrogen and oxygen atoms in total. The molecule has 1 fully saturated rings. The maximum absolute atomic E-state index is 11.6. The van der Waals surface area contributed by atoms with E-state index >= 15 is 0 Å². The highest BCUT2D eigenvalue weighted by atomic mass is 35.5. The van der Waals surface area contributed by atoms with Gasteiger partial charge in [-0.1, -0.05) is 23.7 Å². The number of hydrogen-bond donors (Lipinski definition) is 0. The normalized spacial score (nSPS) is 23.1. The van der Waals surface area contributed by atoms with Crippen LogP contribution in [-0.4, -0.2) is 28.6 Å². The lowest BCUT2D eigenvalue weighted by Gasteiger charge is -2.29. The van der Waals surface area contributed by atoms with Crippen LogP contribution in [0.15, 0.2) is 24.3 Å². The van der Waals surface area contributed by atoms with Gasteiger partial charge in [-0.2, -0.15) is 0 Å². The van der Waals surface area contributed by atoms with Gasteiger partial charge in [0.1, 0.15) is 5.37 Å². The quantitative estimate of drug-likeness (QED) is 0.814. The number of carbonyl (C=O) groups is 2. The molecule has 0 saturated carbocycles. The molecule has 0 N–H and O–H groups in total. The summed E-state index contributed by atoms with van der Waals surface area (Å²) in [6.07, 6.45) is 0. The Bertz CT molecular complexity index is 477. The summed E-state index contributed by atoms with van der Waals surface area (Å²) >= 11 is 7.22. The number of halogens is 1. The van der Waals surface area contributed by atoms with Gasteiger partial charge in [0, 0.05) is 17.7 Å². The summed E-state index contributed by atoms with van der Waals surface area (Å²) in [7, 11) is 0. The Kier molecular flexibility index (Phi) is 3.82. The van der Waals surface area contributed by atoms with E-state index in [0.717, 1.165) is 5.56 Å². The van der Waals surface area contributed by atoms with Crippen LogP contribution in [0.4, 0.5) is 0 Å². The monoisotopic (exact) mass is 284 g/mol. The number of aliphatic carboxylic acids is 1. The van der Waals surface area contributed by atoms with Gasteiger partial charge in [-0.25, -0.2) is 0 Å². The van der Waals surface area contributed by atoms with Crippen LogP contribution in [0.3, 0.4) is 0 Å². The molecular weight excluding hydrogens is 274 g/mol. The molecule has 1 saturated heterocycles. The summed E-state index contributed by atoms with van der Waals surface area (Å²) in [5.74, 6) is -1.14. The van der Waals surface area contributed by atoms with Crippen molar-refractivity contribution in [1.29, 1.82) is 0 Å². The fraction of sp³-hybridized carbons (Fsp3) is 0.333. The minimum absolute atomic E-state index is 0.269. The van der Waals surface area contributed by atoms with E-state index in [2.05, 4.69) is 0 Å². The second kappa shape index (κ2) is 5.20. The third-order valence-corrected chi connectivity index (χ3v) is 4.37. The minimum Gasteiger partial charge on any atom is -0.548 e. The number of amides is 1. The first-order valence-corrected chi connectivity index (χ1v) is 6.80. The molecule has 0 spiro atoms. The molecule has 1 aromatic rings. The lowest BCUT2D eigenvalue weighted by Crippen LogP contribution is -2.48. The van der Waals surface area contributed by atoms with E-state index in [0.29, 0.717) is 10.8 Å². The van der Waals surface area contributed by atoms with Crippen LogP contribution in [0.25, 0.3) is 0 Å². The van der Waals surface area contributed by atoms with E-state index in [4.69, 9.17) is 11.6 Å². The fourth-order valence-electron chi connectivity index (χ4n) is 1.96. The predicted octanol–water partition coefficient (Wildman–Crippen LogP) is 1.05. The SMILES string of the molecule is CC(=O)N1[C@H](C(=O)[O-])CS[C@H]1c1ccc(Cl)cc1. The van der Waals surface area contributed by atoms with Gasteiger partial charge in [0.05, 0.1) is 12.0 Å². The predicted molar refractivity (Wildman–Crippen MR) is 68.0 cm³/mol. The van der Waals surface area contributed by atoms with E-state index in [-0.39, 0.29) is 11.3 Å². The highest BCUT2D eigenvalue weighted by molar-refractivity contribution is 7.99. The fourth-order valence-corrected chi connectivity index (χ4v) is 3.55. The Labute approximate surface area is 114 Å². The van der Waals surface area contributed by atoms with Crippen LogP contribution < -0.4 is 5.11 Å². The van der Waals surface area contributed by atoms with Crippen LogP contribution in [-0.2, 0) is 9.59 Å². The zero-order valence-electron chi connectivity index (χ0n) is 9.63. The summed E-state index contributed by atoms with van der Waals surface area (Å²) in [6.45, 7) is 1.37. The summed E-state index contributed by atoms with van der Waals surface area (Å²) in [6, 6.07) is 6.18. The van der Waals surface area contributed by atoms with E-state index < -0.39 is 12.0 Å². The Morgan fingerprint density at radius 3 is 2.50 bits per heavy atom. The molecule has 1 aliphatic rings. The lowest BCUT2D eigenvalue weighted by molar-refractivity contribution is -0.310. The molecule has 2 atom stereocenters. The number of hydrogen-bond acceptors (Lipinski definition) is 4. The van der Waals surface area contributed by atoms with E-state index in [1.807, 2.05) is 0 Å². The van der Waals surface area contributed by atoms with Crippen molar-refractivity contribution in [2.75, 3.05) is 5.75 Å². The number of benzene rings is 1. The van der Waals surface area contributed by atoms with Gasteiger partial charge in [0.25, 0.3) is 0 Å². The molecule has 18 heavy (non-hydrogen) atoms. The van der Waals surface area contributed by atoms with Crippen molar-refractivity contribution < 1.29 is 14.7 Å². The lowest BCUT2D eigenvalue weighted by atomic mass is 10.2. The maximum atomic E-state index is 11.6. The van der Waals surface area contributed by atoms with Crippen molar-refractivity contribution in [3.05, 3.63) is 34.9 Å². The van der Waals surface area contributed by atoms with Crippen LogP contribution in [0.5, 0.6) is 0 Å². The average molecular weight is 285 g/mol. The molecule has 1 aromatic carbocycles. The van der Waals surface area contributed by atoms with Gasteiger partial charge in [-0.05, 0) is 17.7 Å². The molecule has 0 radical (unpaired) electrons. The van der Waals surface area contributed by atoms with Crippen molar-refractivity contribution in [2.24, 2.45) is 0 Å². The first-order chi connectivity index (χ1) is 8.50. The summed E-state index contributed by atoms with van der Waals surface area (Å²) in [5.41, 5.74) is 0.864. The first kappa shape index (κ1) is 13.2. The van der Waals surface area contributed by atoms with Gasteiger partial charge in [0.15, 0.2) is 0 Å². The van der Waals surface area contributed by atoms with E-state index in [9.17, 15) is 14.7 Å². The molecule has 1 heterocycles. The van der Waals surface area contributed by atoms with Crippen molar-refractivity contribution in [2.45, 2.75) is 18.3 Å². The number of thioether (sulfide) groups is 1. The zero-order valence-corrected chi connectivity index (χ0v) is 11.2.